The average Bonchev–Trinajstić information content (AvgIpc) is 2.89. The minimum absolute atomic E-state index is 0. The van der Waals surface area contributed by atoms with E-state index in [0.29, 0.717) is 0 Å². The van der Waals surface area contributed by atoms with Gasteiger partial charge in [0.05, 0.1) is 24.5 Å². The van der Waals surface area contributed by atoms with E-state index in [9.17, 15) is 0 Å². The van der Waals surface area contributed by atoms with E-state index >= 15 is 0 Å². The summed E-state index contributed by atoms with van der Waals surface area (Å²) in [4.78, 5) is 9.13. The second kappa shape index (κ2) is 24.2. The second-order valence-corrected chi connectivity index (χ2v) is 12.6. The van der Waals surface area contributed by atoms with Crippen LogP contribution in [0.25, 0.3) is 0 Å². The third-order valence-electron chi connectivity index (χ3n) is 7.95. The predicted octanol–water partition coefficient (Wildman–Crippen LogP) is -2.88. The van der Waals surface area contributed by atoms with E-state index in [2.05, 4.69) is 152 Å². The van der Waals surface area contributed by atoms with Gasteiger partial charge in [-0.15, -0.1) is 0 Å². The van der Waals surface area contributed by atoms with Gasteiger partial charge >= 0.3 is 29.6 Å². The van der Waals surface area contributed by atoms with Crippen molar-refractivity contribution in [2.75, 3.05) is 18.4 Å². The van der Waals surface area contributed by atoms with E-state index in [1.54, 1.807) is 12.4 Å². The van der Waals surface area contributed by atoms with Gasteiger partial charge in [-0.3, -0.25) is 9.98 Å². The van der Waals surface area contributed by atoms with Crippen LogP contribution in [0.4, 0.5) is 22.7 Å². The molecule has 0 fully saturated rings. The summed E-state index contributed by atoms with van der Waals surface area (Å²) in [7, 11) is 0. The predicted molar refractivity (Wildman–Crippen MR) is 200 cm³/mol. The van der Waals surface area contributed by atoms with Gasteiger partial charge in [0.15, 0.2) is 0 Å². The first-order valence-electron chi connectivity index (χ1n) is 15.7. The Hall–Kier alpha value is -2.09. The quantitative estimate of drug-likeness (QED) is 0.0873. The smallest absolute Gasteiger partial charge is 1.00 e. The van der Waals surface area contributed by atoms with E-state index in [0.717, 1.165) is 24.5 Å². The molecule has 0 atom stereocenters. The molecule has 0 bridgehead atoms. The molecule has 0 spiro atoms. The normalized spacial score (nSPS) is 10.1. The van der Waals surface area contributed by atoms with E-state index < -0.39 is 0 Å². The van der Waals surface area contributed by atoms with Crippen molar-refractivity contribution in [1.29, 1.82) is 0 Å². The molecule has 4 nitrogen and oxygen atoms in total. The minimum Gasteiger partial charge on any atom is -1.00 e. The van der Waals surface area contributed by atoms with Crippen LogP contribution in [0, 0.1) is 83.1 Å². The fourth-order valence-electron chi connectivity index (χ4n) is 6.35. The summed E-state index contributed by atoms with van der Waals surface area (Å²) in [6, 6.07) is 17.6. The molecule has 4 rings (SSSR count). The summed E-state index contributed by atoms with van der Waals surface area (Å²) in [6.07, 6.45) is 3.56. The van der Waals surface area contributed by atoms with Crippen molar-refractivity contribution in [3.05, 3.63) is 115 Å². The largest absolute Gasteiger partial charge is 1.00 e. The zero-order valence-electron chi connectivity index (χ0n) is 31.9. The van der Waals surface area contributed by atoms with Gasteiger partial charge in [-0.05, 0) is 116 Å². The maximum absolute atomic E-state index is 4.56. The van der Waals surface area contributed by atoms with Crippen molar-refractivity contribution >= 4 is 43.6 Å². The van der Waals surface area contributed by atoms with Gasteiger partial charge in [0.2, 0.25) is 0 Å². The number of nitrogens with zero attached hydrogens (tertiary/aromatic N) is 2. The average molecular weight is 730 g/mol. The van der Waals surface area contributed by atoms with Crippen LogP contribution in [0.15, 0.2) is 58.5 Å². The molecule has 0 amide bonds. The number of aryl methyl sites for hydroxylation is 12. The number of anilines is 1. The van der Waals surface area contributed by atoms with Crippen LogP contribution in [0.3, 0.4) is 0 Å². The number of rotatable bonds is 8. The fraction of sp³-hybridized carbons (Fsp3) is 0.350. The molecule has 0 saturated carbocycles. The molecule has 0 unspecified atom stereocenters. The Morgan fingerprint density at radius 2 is 0.776 bits per heavy atom. The van der Waals surface area contributed by atoms with Crippen molar-refractivity contribution in [3.8, 4) is 0 Å². The molecule has 0 saturated heterocycles. The number of benzene rings is 4. The zero-order valence-corrected chi connectivity index (χ0v) is 36.1. The van der Waals surface area contributed by atoms with Gasteiger partial charge < -0.3 is 47.9 Å². The summed E-state index contributed by atoms with van der Waals surface area (Å²) >= 11 is 0. The molecule has 0 heterocycles. The maximum atomic E-state index is 4.56. The first-order chi connectivity index (χ1) is 20.8. The number of hydrogen-bond acceptors (Lipinski definition) is 3. The van der Waals surface area contributed by atoms with Crippen LogP contribution in [0.5, 0.6) is 0 Å². The molecular weight excluding hydrogens is 677 g/mol. The molecule has 49 heavy (non-hydrogen) atoms. The Labute approximate surface area is 340 Å². The summed E-state index contributed by atoms with van der Waals surface area (Å²) < 4.78 is 0. The van der Waals surface area contributed by atoms with Gasteiger partial charge in [-0.2, -0.15) is 0 Å². The molecule has 0 aliphatic heterocycles. The SMILES string of the molecule is Cc1cc(C)c(N=CC=Nc2c(C)cc(C)cc2C)c(C)c1.Cc1cc(C)c(NCC[NH2+]c2c(C)cc(C)cc2C)c(C)c1.[B].[Cl-].[Cl-].[Cl-].[Na+]. The van der Waals surface area contributed by atoms with E-state index in [1.807, 2.05) is 0 Å². The van der Waals surface area contributed by atoms with E-state index in [1.165, 1.54) is 78.1 Å². The van der Waals surface area contributed by atoms with Crippen LogP contribution >= 0.6 is 0 Å². The summed E-state index contributed by atoms with van der Waals surface area (Å²) in [5.41, 5.74) is 20.2. The van der Waals surface area contributed by atoms with Crippen LogP contribution < -0.4 is 77.4 Å². The number of nitrogens with two attached hydrogens (primary N) is 1. The monoisotopic (exact) mass is 728 g/mol. The molecular formula is C40H53BCl3N4Na-. The Morgan fingerprint density at radius 1 is 0.490 bits per heavy atom. The second-order valence-electron chi connectivity index (χ2n) is 12.6. The molecule has 3 radical (unpaired) electrons. The van der Waals surface area contributed by atoms with Crippen molar-refractivity contribution < 1.29 is 72.1 Å². The summed E-state index contributed by atoms with van der Waals surface area (Å²) in [5, 5.41) is 5.95. The van der Waals surface area contributed by atoms with Crippen molar-refractivity contribution in [1.82, 2.24) is 0 Å². The number of aliphatic imine (C=N–C) groups is 2. The maximum Gasteiger partial charge on any atom is 1.00 e. The molecule has 0 aliphatic carbocycles. The van der Waals surface area contributed by atoms with Gasteiger partial charge in [0, 0.05) is 37.7 Å². The number of hydrogen-bond donors (Lipinski definition) is 2. The number of quaternary nitrogens is 1. The Morgan fingerprint density at radius 3 is 1.10 bits per heavy atom. The van der Waals surface area contributed by atoms with E-state index in [-0.39, 0.29) is 75.2 Å². The van der Waals surface area contributed by atoms with Gasteiger partial charge in [0.25, 0.3) is 0 Å². The van der Waals surface area contributed by atoms with Crippen molar-refractivity contribution in [2.45, 2.75) is 83.1 Å². The molecule has 3 N–H and O–H groups in total. The Kier molecular flexibility index (Phi) is 25.3. The third-order valence-corrected chi connectivity index (χ3v) is 7.95. The Balaban J connectivity index is -0.000000784. The molecule has 9 heteroatoms. The summed E-state index contributed by atoms with van der Waals surface area (Å²) in [5.74, 6) is 0. The van der Waals surface area contributed by atoms with E-state index in [4.69, 9.17) is 0 Å². The van der Waals surface area contributed by atoms with Crippen LogP contribution in [0.1, 0.15) is 66.8 Å². The topological polar surface area (TPSA) is 53.4 Å². The number of nitrogens with one attached hydrogen (secondary N) is 1. The van der Waals surface area contributed by atoms with Gasteiger partial charge in [-0.1, -0.05) is 70.8 Å². The fourth-order valence-corrected chi connectivity index (χ4v) is 6.35. The zero-order chi connectivity index (χ0) is 32.6. The van der Waals surface area contributed by atoms with Crippen LogP contribution in [0.2, 0.25) is 0 Å². The summed E-state index contributed by atoms with van der Waals surface area (Å²) in [6.45, 7) is 27.7. The first-order valence-corrected chi connectivity index (χ1v) is 15.7. The molecule has 0 aromatic heterocycles. The minimum atomic E-state index is 0. The molecule has 4 aromatic carbocycles. The third kappa shape index (κ3) is 15.4. The standard InChI is InChI=1S/C20H28N2.C20H24N2.B.3ClH.Na/c2*1-13-9-15(3)19(16(4)10-13)21-7-8-22-20-17(5)11-14(2)12-18(20)6;;;;;/h9-12,21-22H,7-8H2,1-6H3;7-12H,1-6H3;;3*1H;/q;;;;;;+1/p-2. The molecule has 259 valence electrons. The van der Waals surface area contributed by atoms with Crippen molar-refractivity contribution in [2.24, 2.45) is 9.98 Å². The van der Waals surface area contributed by atoms with Crippen molar-refractivity contribution in [3.63, 3.8) is 0 Å². The molecule has 0 aliphatic rings. The molecule has 4 aromatic rings. The first kappa shape index (κ1) is 51.3. The number of halogens is 3. The van der Waals surface area contributed by atoms with Gasteiger partial charge in [-0.25, -0.2) is 0 Å². The van der Waals surface area contributed by atoms with Crippen LogP contribution in [-0.4, -0.2) is 33.9 Å². The Bertz CT molecular complexity index is 1490. The van der Waals surface area contributed by atoms with Crippen LogP contribution in [-0.2, 0) is 0 Å². The van der Waals surface area contributed by atoms with Gasteiger partial charge in [0.1, 0.15) is 5.69 Å².